The van der Waals surface area contributed by atoms with Crippen molar-refractivity contribution < 1.29 is 9.53 Å². The molecule has 1 atom stereocenters. The van der Waals surface area contributed by atoms with Crippen LogP contribution in [0.5, 0.6) is 5.75 Å². The van der Waals surface area contributed by atoms with Gasteiger partial charge in [-0.15, -0.1) is 0 Å². The highest BCUT2D eigenvalue weighted by Gasteiger charge is 2.17. The molecule has 23 heavy (non-hydrogen) atoms. The molecule has 0 aliphatic heterocycles. The van der Waals surface area contributed by atoms with E-state index in [0.717, 1.165) is 27.3 Å². The first kappa shape index (κ1) is 17.5. The molecule has 0 spiro atoms. The Labute approximate surface area is 145 Å². The fourth-order valence-electron chi connectivity index (χ4n) is 2.26. The maximum absolute atomic E-state index is 12.3. The third kappa shape index (κ3) is 4.34. The second kappa shape index (κ2) is 7.64. The zero-order valence-electron chi connectivity index (χ0n) is 13.9. The fraction of sp³-hybridized carbons (Fsp3) is 0.412. The van der Waals surface area contributed by atoms with Crippen LogP contribution in [-0.2, 0) is 11.3 Å². The van der Waals surface area contributed by atoms with E-state index < -0.39 is 0 Å². The number of nitrogens with zero attached hydrogens (tertiary/aromatic N) is 2. The first-order valence-corrected chi connectivity index (χ1v) is 8.45. The number of benzene rings is 1. The van der Waals surface area contributed by atoms with Crippen LogP contribution < -0.4 is 10.1 Å². The van der Waals surface area contributed by atoms with Crippen LogP contribution in [0.15, 0.2) is 28.7 Å². The number of rotatable bonds is 6. The van der Waals surface area contributed by atoms with Crippen LogP contribution in [0.3, 0.4) is 0 Å². The number of anilines is 1. The Morgan fingerprint density at radius 1 is 1.35 bits per heavy atom. The van der Waals surface area contributed by atoms with Gasteiger partial charge in [-0.1, -0.05) is 6.92 Å². The lowest BCUT2D eigenvalue weighted by Crippen LogP contribution is -2.25. The van der Waals surface area contributed by atoms with Crippen molar-refractivity contribution in [2.45, 2.75) is 34.2 Å². The fourth-order valence-corrected chi connectivity index (χ4v) is 2.55. The molecule has 2 rings (SSSR count). The minimum absolute atomic E-state index is 0.0298. The predicted molar refractivity (Wildman–Crippen MR) is 94.8 cm³/mol. The number of halogens is 1. The van der Waals surface area contributed by atoms with Crippen molar-refractivity contribution in [2.24, 2.45) is 5.92 Å². The Morgan fingerprint density at radius 2 is 2.00 bits per heavy atom. The van der Waals surface area contributed by atoms with Crippen LogP contribution in [0.4, 0.5) is 5.69 Å². The number of aromatic nitrogens is 2. The summed E-state index contributed by atoms with van der Waals surface area (Å²) >= 11 is 3.50. The summed E-state index contributed by atoms with van der Waals surface area (Å²) in [6.07, 6.45) is 0. The molecular formula is C17H22BrN3O2. The van der Waals surface area contributed by atoms with E-state index in [0.29, 0.717) is 13.2 Å². The maximum Gasteiger partial charge on any atom is 0.229 e. The second-order valence-electron chi connectivity index (χ2n) is 5.51. The smallest absolute Gasteiger partial charge is 0.229 e. The Morgan fingerprint density at radius 3 is 2.52 bits per heavy atom. The largest absolute Gasteiger partial charge is 0.494 e. The monoisotopic (exact) mass is 379 g/mol. The number of hydrogen-bond donors (Lipinski definition) is 1. The van der Waals surface area contributed by atoms with Crippen LogP contribution in [0, 0.1) is 19.8 Å². The third-order valence-corrected chi connectivity index (χ3v) is 4.77. The molecule has 0 bridgehead atoms. The van der Waals surface area contributed by atoms with E-state index in [1.165, 1.54) is 0 Å². The minimum Gasteiger partial charge on any atom is -0.494 e. The van der Waals surface area contributed by atoms with E-state index in [1.807, 2.05) is 56.6 Å². The summed E-state index contributed by atoms with van der Waals surface area (Å²) in [5.74, 6) is 0.579. The molecule has 1 aromatic heterocycles. The number of ether oxygens (including phenoxy) is 1. The molecule has 1 amide bonds. The molecule has 0 unspecified atom stereocenters. The van der Waals surface area contributed by atoms with Gasteiger partial charge < -0.3 is 10.1 Å². The van der Waals surface area contributed by atoms with Gasteiger partial charge in [0, 0.05) is 11.4 Å². The number of carbonyl (C=O) groups is 1. The lowest BCUT2D eigenvalue weighted by atomic mass is 10.1. The number of amides is 1. The molecular weight excluding hydrogens is 358 g/mol. The van der Waals surface area contributed by atoms with Gasteiger partial charge in [-0.05, 0) is 61.0 Å². The van der Waals surface area contributed by atoms with Gasteiger partial charge in [-0.25, -0.2) is 0 Å². The van der Waals surface area contributed by atoms with E-state index >= 15 is 0 Å². The van der Waals surface area contributed by atoms with Crippen LogP contribution in [0.25, 0.3) is 0 Å². The lowest BCUT2D eigenvalue weighted by molar-refractivity contribution is -0.119. The van der Waals surface area contributed by atoms with Gasteiger partial charge in [-0.2, -0.15) is 5.10 Å². The van der Waals surface area contributed by atoms with Crippen molar-refractivity contribution in [3.63, 3.8) is 0 Å². The van der Waals surface area contributed by atoms with Gasteiger partial charge in [0.2, 0.25) is 5.91 Å². The van der Waals surface area contributed by atoms with Gasteiger partial charge in [0.25, 0.3) is 0 Å². The average molecular weight is 380 g/mol. The molecule has 0 aliphatic rings. The molecule has 0 saturated heterocycles. The SMILES string of the molecule is CCOc1ccc(NC(=O)[C@H](C)Cn2nc(C)c(Br)c2C)cc1. The molecule has 1 aromatic carbocycles. The Balaban J connectivity index is 1.98. The van der Waals surface area contributed by atoms with E-state index in [1.54, 1.807) is 0 Å². The van der Waals surface area contributed by atoms with Crippen molar-refractivity contribution >= 4 is 27.5 Å². The third-order valence-electron chi connectivity index (χ3n) is 3.62. The molecule has 0 saturated carbocycles. The van der Waals surface area contributed by atoms with Gasteiger partial charge in [0.05, 0.1) is 29.2 Å². The van der Waals surface area contributed by atoms with Crippen molar-refractivity contribution in [1.29, 1.82) is 0 Å². The Hall–Kier alpha value is -1.82. The molecule has 0 aliphatic carbocycles. The highest BCUT2D eigenvalue weighted by Crippen LogP contribution is 2.21. The summed E-state index contributed by atoms with van der Waals surface area (Å²) in [5, 5.41) is 7.37. The maximum atomic E-state index is 12.3. The van der Waals surface area contributed by atoms with Gasteiger partial charge in [-0.3, -0.25) is 9.48 Å². The first-order valence-electron chi connectivity index (χ1n) is 7.65. The number of hydrogen-bond acceptors (Lipinski definition) is 3. The van der Waals surface area contributed by atoms with Crippen LogP contribution >= 0.6 is 15.9 Å². The minimum atomic E-state index is -0.188. The van der Waals surface area contributed by atoms with E-state index in [4.69, 9.17) is 4.74 Å². The van der Waals surface area contributed by atoms with Gasteiger partial charge >= 0.3 is 0 Å². The van der Waals surface area contributed by atoms with E-state index in [9.17, 15) is 4.79 Å². The van der Waals surface area contributed by atoms with Crippen LogP contribution in [-0.4, -0.2) is 22.3 Å². The summed E-state index contributed by atoms with van der Waals surface area (Å²) in [4.78, 5) is 12.3. The average Bonchev–Trinajstić information content (AvgIpc) is 2.76. The normalized spacial score (nSPS) is 12.0. The molecule has 0 radical (unpaired) electrons. The van der Waals surface area contributed by atoms with Crippen molar-refractivity contribution in [1.82, 2.24) is 9.78 Å². The zero-order valence-corrected chi connectivity index (χ0v) is 15.5. The molecule has 2 aromatic rings. The van der Waals surface area contributed by atoms with Crippen molar-refractivity contribution in [3.05, 3.63) is 40.1 Å². The molecule has 1 heterocycles. The zero-order chi connectivity index (χ0) is 17.0. The molecule has 6 heteroatoms. The molecule has 5 nitrogen and oxygen atoms in total. The number of aryl methyl sites for hydroxylation is 1. The summed E-state index contributed by atoms with van der Waals surface area (Å²) in [7, 11) is 0. The molecule has 1 N–H and O–H groups in total. The summed E-state index contributed by atoms with van der Waals surface area (Å²) < 4.78 is 8.25. The van der Waals surface area contributed by atoms with E-state index in [-0.39, 0.29) is 11.8 Å². The number of nitrogens with one attached hydrogen (secondary N) is 1. The van der Waals surface area contributed by atoms with Crippen molar-refractivity contribution in [2.75, 3.05) is 11.9 Å². The highest BCUT2D eigenvalue weighted by atomic mass is 79.9. The van der Waals surface area contributed by atoms with Crippen LogP contribution in [0.1, 0.15) is 25.2 Å². The molecule has 124 valence electrons. The molecule has 0 fully saturated rings. The Bertz CT molecular complexity index is 680. The summed E-state index contributed by atoms with van der Waals surface area (Å²) in [6.45, 7) is 8.93. The lowest BCUT2D eigenvalue weighted by Gasteiger charge is -2.14. The Kier molecular flexibility index (Phi) is 5.82. The summed E-state index contributed by atoms with van der Waals surface area (Å²) in [5.41, 5.74) is 2.73. The topological polar surface area (TPSA) is 56.1 Å². The van der Waals surface area contributed by atoms with E-state index in [2.05, 4.69) is 26.3 Å². The second-order valence-corrected chi connectivity index (χ2v) is 6.31. The van der Waals surface area contributed by atoms with Gasteiger partial charge in [0.1, 0.15) is 5.75 Å². The predicted octanol–water partition coefficient (Wildman–Crippen LogP) is 3.94. The van der Waals surface area contributed by atoms with Crippen molar-refractivity contribution in [3.8, 4) is 5.75 Å². The standard InChI is InChI=1S/C17H22BrN3O2/c1-5-23-15-8-6-14(7-9-15)19-17(22)11(2)10-21-13(4)16(18)12(3)20-21/h6-9,11H,5,10H2,1-4H3,(H,19,22)/t11-/m1/s1. The quantitative estimate of drug-likeness (QED) is 0.826. The summed E-state index contributed by atoms with van der Waals surface area (Å²) in [6, 6.07) is 7.38. The number of carbonyl (C=O) groups excluding carboxylic acids is 1. The van der Waals surface area contributed by atoms with Crippen LogP contribution in [0.2, 0.25) is 0 Å². The van der Waals surface area contributed by atoms with Gasteiger partial charge in [0.15, 0.2) is 0 Å². The first-order chi connectivity index (χ1) is 10.9. The highest BCUT2D eigenvalue weighted by molar-refractivity contribution is 9.10.